The number of nitro groups is 2. The molecule has 0 aromatic heterocycles. The Labute approximate surface area is 151 Å². The van der Waals surface area contributed by atoms with Crippen molar-refractivity contribution in [2.75, 3.05) is 0 Å². The molecule has 1 rings (SSSR count). The molecule has 1 aromatic carbocycles. The zero-order valence-electron chi connectivity index (χ0n) is 15.1. The van der Waals surface area contributed by atoms with E-state index in [1.165, 1.54) is 0 Å². The second-order valence-corrected chi connectivity index (χ2v) is 6.33. The van der Waals surface area contributed by atoms with Crippen molar-refractivity contribution in [2.24, 2.45) is 5.92 Å². The molecule has 1 N–H and O–H groups in total. The minimum Gasteiger partial charge on any atom is -0.478 e. The minimum atomic E-state index is -1.23. The molecule has 8 nitrogen and oxygen atoms in total. The molecule has 0 aliphatic heterocycles. The first-order valence-electron chi connectivity index (χ1n) is 8.47. The highest BCUT2D eigenvalue weighted by Gasteiger charge is 2.37. The van der Waals surface area contributed by atoms with E-state index in [0.717, 1.165) is 0 Å². The molecule has 3 unspecified atom stereocenters. The third kappa shape index (κ3) is 5.37. The van der Waals surface area contributed by atoms with Crippen LogP contribution in [0.4, 0.5) is 0 Å². The fourth-order valence-electron chi connectivity index (χ4n) is 3.03. The van der Waals surface area contributed by atoms with E-state index < -0.39 is 33.8 Å². The van der Waals surface area contributed by atoms with Gasteiger partial charge in [0.25, 0.3) is 0 Å². The molecule has 0 aliphatic rings. The lowest BCUT2D eigenvalue weighted by molar-refractivity contribution is -0.565. The highest BCUT2D eigenvalue weighted by atomic mass is 16.6. The van der Waals surface area contributed by atoms with Crippen LogP contribution >= 0.6 is 0 Å². The molecule has 3 atom stereocenters. The zero-order valence-corrected chi connectivity index (χ0v) is 15.1. The molecule has 0 radical (unpaired) electrons. The van der Waals surface area contributed by atoms with Crippen molar-refractivity contribution in [1.29, 1.82) is 0 Å². The topological polar surface area (TPSA) is 124 Å². The Morgan fingerprint density at radius 1 is 1.15 bits per heavy atom. The maximum atomic E-state index is 11.7. The van der Waals surface area contributed by atoms with Crippen molar-refractivity contribution >= 4 is 11.5 Å². The van der Waals surface area contributed by atoms with E-state index in [1.54, 1.807) is 51.1 Å². The van der Waals surface area contributed by atoms with Gasteiger partial charge in [0, 0.05) is 22.2 Å². The molecular weight excluding hydrogens is 340 g/mol. The Morgan fingerprint density at radius 2 is 1.73 bits per heavy atom. The van der Waals surface area contributed by atoms with Gasteiger partial charge >= 0.3 is 5.97 Å². The summed E-state index contributed by atoms with van der Waals surface area (Å²) in [6, 6.07) is 6.12. The number of hydrogen-bond acceptors (Lipinski definition) is 5. The van der Waals surface area contributed by atoms with Gasteiger partial charge in [-0.2, -0.15) is 0 Å². The van der Waals surface area contributed by atoms with Crippen LogP contribution in [0.15, 0.2) is 35.9 Å². The zero-order chi connectivity index (χ0) is 19.9. The van der Waals surface area contributed by atoms with Gasteiger partial charge < -0.3 is 5.11 Å². The molecule has 0 aliphatic carbocycles. The van der Waals surface area contributed by atoms with E-state index in [0.29, 0.717) is 17.6 Å². The van der Waals surface area contributed by atoms with Crippen LogP contribution in [0.25, 0.3) is 5.57 Å². The van der Waals surface area contributed by atoms with Crippen molar-refractivity contribution in [3.05, 3.63) is 61.7 Å². The summed E-state index contributed by atoms with van der Waals surface area (Å²) < 4.78 is 0. The third-order valence-electron chi connectivity index (χ3n) is 4.64. The number of hydrogen-bond donors (Lipinski definition) is 1. The average Bonchev–Trinajstić information content (AvgIpc) is 2.58. The van der Waals surface area contributed by atoms with Crippen LogP contribution in [0.3, 0.4) is 0 Å². The number of benzene rings is 1. The monoisotopic (exact) mass is 364 g/mol. The van der Waals surface area contributed by atoms with Gasteiger partial charge in [0.15, 0.2) is 0 Å². The highest BCUT2D eigenvalue weighted by Crippen LogP contribution is 2.29. The van der Waals surface area contributed by atoms with Gasteiger partial charge in [-0.1, -0.05) is 44.2 Å². The molecule has 0 amide bonds. The molecule has 0 saturated heterocycles. The van der Waals surface area contributed by atoms with Crippen molar-refractivity contribution in [2.45, 2.75) is 52.1 Å². The number of carboxylic acid groups (broad SMARTS) is 1. The molecule has 0 fully saturated rings. The smallest absolute Gasteiger partial charge is 0.336 e. The summed E-state index contributed by atoms with van der Waals surface area (Å²) >= 11 is 0. The molecule has 142 valence electrons. The van der Waals surface area contributed by atoms with Crippen LogP contribution in [0.1, 0.15) is 45.6 Å². The van der Waals surface area contributed by atoms with Crippen LogP contribution in [0.2, 0.25) is 0 Å². The average molecular weight is 364 g/mol. The largest absolute Gasteiger partial charge is 0.478 e. The predicted octanol–water partition coefficient (Wildman–Crippen LogP) is 3.66. The molecule has 8 heteroatoms. The van der Waals surface area contributed by atoms with E-state index >= 15 is 0 Å². The summed E-state index contributed by atoms with van der Waals surface area (Å²) in [5.74, 6) is -1.93. The Kier molecular flexibility index (Phi) is 7.89. The van der Waals surface area contributed by atoms with Crippen molar-refractivity contribution in [3.63, 3.8) is 0 Å². The summed E-state index contributed by atoms with van der Waals surface area (Å²) in [6.45, 7) is 4.88. The van der Waals surface area contributed by atoms with Gasteiger partial charge in [-0.3, -0.25) is 20.2 Å². The first kappa shape index (κ1) is 21.3. The normalized spacial score (nSPS) is 15.5. The predicted molar refractivity (Wildman–Crippen MR) is 96.9 cm³/mol. The molecule has 0 heterocycles. The Morgan fingerprint density at radius 3 is 2.15 bits per heavy atom. The molecule has 0 saturated carbocycles. The standard InChI is InChI=1S/C18H24N2O6/c1-4-8-15(19(23)24)11-16(20(25)26)12(2)13(3)17(18(21)22)14-9-6-5-7-10-14/h5-7,9-10,12,15-16H,4,8,11H2,1-3H3,(H,21,22). The fourth-order valence-corrected chi connectivity index (χ4v) is 3.03. The summed E-state index contributed by atoms with van der Waals surface area (Å²) in [7, 11) is 0. The number of aliphatic carboxylic acids is 1. The summed E-state index contributed by atoms with van der Waals surface area (Å²) in [4.78, 5) is 33.4. The third-order valence-corrected chi connectivity index (χ3v) is 4.64. The Balaban J connectivity index is 3.27. The lowest BCUT2D eigenvalue weighted by Gasteiger charge is -2.21. The first-order chi connectivity index (χ1) is 12.2. The quantitative estimate of drug-likeness (QED) is 0.384. The van der Waals surface area contributed by atoms with E-state index in [-0.39, 0.29) is 18.4 Å². The molecule has 0 spiro atoms. The summed E-state index contributed by atoms with van der Waals surface area (Å²) in [6.07, 6.45) is 0.564. The maximum absolute atomic E-state index is 11.7. The van der Waals surface area contributed by atoms with Crippen molar-refractivity contribution in [1.82, 2.24) is 0 Å². The second kappa shape index (κ2) is 9.65. The van der Waals surface area contributed by atoms with E-state index in [4.69, 9.17) is 0 Å². The SMILES string of the molecule is CCCC(CC(C(C)C(C)=C(C(=O)O)c1ccccc1)[N+](=O)[O-])[N+](=O)[O-]. The maximum Gasteiger partial charge on any atom is 0.336 e. The van der Waals surface area contributed by atoms with Gasteiger partial charge in [-0.15, -0.1) is 0 Å². The van der Waals surface area contributed by atoms with Gasteiger partial charge in [0.2, 0.25) is 12.1 Å². The lowest BCUT2D eigenvalue weighted by atomic mass is 9.85. The van der Waals surface area contributed by atoms with Crippen LogP contribution in [-0.2, 0) is 4.79 Å². The number of nitrogens with zero attached hydrogens (tertiary/aromatic N) is 2. The first-order valence-corrected chi connectivity index (χ1v) is 8.47. The number of rotatable bonds is 10. The highest BCUT2D eigenvalue weighted by molar-refractivity contribution is 6.16. The van der Waals surface area contributed by atoms with Crippen LogP contribution in [0, 0.1) is 26.1 Å². The lowest BCUT2D eigenvalue weighted by Crippen LogP contribution is -2.35. The van der Waals surface area contributed by atoms with Gasteiger partial charge in [0.1, 0.15) is 0 Å². The molecule has 0 bridgehead atoms. The number of carboxylic acids is 1. The van der Waals surface area contributed by atoms with Crippen LogP contribution < -0.4 is 0 Å². The van der Waals surface area contributed by atoms with Crippen LogP contribution in [0.5, 0.6) is 0 Å². The minimum absolute atomic E-state index is 0.00176. The molecule has 1 aromatic rings. The number of carbonyl (C=O) groups is 1. The van der Waals surface area contributed by atoms with Gasteiger partial charge in [0.05, 0.1) is 12.0 Å². The Bertz CT molecular complexity index is 686. The molecular formula is C18H24N2O6. The van der Waals surface area contributed by atoms with Crippen molar-refractivity contribution < 1.29 is 19.7 Å². The van der Waals surface area contributed by atoms with Crippen LogP contribution in [-0.4, -0.2) is 33.0 Å². The summed E-state index contributed by atoms with van der Waals surface area (Å²) in [5, 5.41) is 32.3. The van der Waals surface area contributed by atoms with Gasteiger partial charge in [-0.05, 0) is 24.5 Å². The van der Waals surface area contributed by atoms with Gasteiger partial charge in [-0.25, -0.2) is 4.79 Å². The van der Waals surface area contributed by atoms with Crippen molar-refractivity contribution in [3.8, 4) is 0 Å². The fraction of sp³-hybridized carbons (Fsp3) is 0.500. The second-order valence-electron chi connectivity index (χ2n) is 6.33. The van der Waals surface area contributed by atoms with E-state index in [9.17, 15) is 30.1 Å². The Hall–Kier alpha value is -2.77. The molecule has 26 heavy (non-hydrogen) atoms. The van der Waals surface area contributed by atoms with E-state index in [1.807, 2.05) is 0 Å². The summed E-state index contributed by atoms with van der Waals surface area (Å²) in [5.41, 5.74) is 0.785. The van der Waals surface area contributed by atoms with E-state index in [2.05, 4.69) is 0 Å².